The molecule has 6 nitrogen and oxygen atoms in total. The van der Waals surface area contributed by atoms with Crippen LogP contribution in [0.3, 0.4) is 0 Å². The second-order valence-corrected chi connectivity index (χ2v) is 4.03. The third-order valence-corrected chi connectivity index (χ3v) is 2.38. The van der Waals surface area contributed by atoms with Gasteiger partial charge in [-0.1, -0.05) is 6.92 Å². The molecule has 1 heterocycles. The Morgan fingerprint density at radius 1 is 1.24 bits per heavy atom. The number of hydrogen-bond acceptors (Lipinski definition) is 6. The molecule has 0 saturated carbocycles. The molecule has 0 radical (unpaired) electrons. The van der Waals surface area contributed by atoms with Crippen LogP contribution in [0.1, 0.15) is 19.0 Å². The Kier molecular flexibility index (Phi) is 5.73. The third-order valence-electron chi connectivity index (χ3n) is 2.38. The van der Waals surface area contributed by atoms with Crippen LogP contribution in [0, 0.1) is 22.7 Å². The lowest BCUT2D eigenvalue weighted by Gasteiger charge is -2.19. The lowest BCUT2D eigenvalue weighted by molar-refractivity contribution is -0.141. The molecule has 0 aliphatic rings. The third kappa shape index (κ3) is 4.80. The number of alkyl halides is 3. The minimum Gasteiger partial charge on any atom is -0.354 e. The van der Waals surface area contributed by atoms with E-state index in [9.17, 15) is 13.2 Å². The normalized spacial score (nSPS) is 10.6. The van der Waals surface area contributed by atoms with Gasteiger partial charge in [0.25, 0.3) is 0 Å². The molecule has 0 aliphatic carbocycles. The molecule has 0 unspecified atom stereocenters. The van der Waals surface area contributed by atoms with Crippen LogP contribution in [0.15, 0.2) is 6.07 Å². The molecule has 1 aromatic rings. The van der Waals surface area contributed by atoms with Crippen molar-refractivity contribution in [1.29, 1.82) is 10.5 Å². The van der Waals surface area contributed by atoms with Gasteiger partial charge in [-0.05, 0) is 6.42 Å². The Morgan fingerprint density at radius 3 is 2.33 bits per heavy atom. The smallest absolute Gasteiger partial charge is 0.354 e. The van der Waals surface area contributed by atoms with Crippen molar-refractivity contribution in [2.24, 2.45) is 0 Å². The van der Waals surface area contributed by atoms with Gasteiger partial charge >= 0.3 is 6.18 Å². The van der Waals surface area contributed by atoms with E-state index in [0.717, 1.165) is 11.0 Å². The molecule has 0 fully saturated rings. The van der Waals surface area contributed by atoms with E-state index < -0.39 is 11.9 Å². The standard InChI is InChI=1S/C12H13F3N6/c1-2-5-18-11-19-9(12(13,14)15)8-10(20-11)21(6-3-16)7-4-17/h8H,2,5-7H2,1H3,(H,18,19,20). The number of nitriles is 2. The zero-order valence-corrected chi connectivity index (χ0v) is 11.3. The van der Waals surface area contributed by atoms with Crippen LogP contribution >= 0.6 is 0 Å². The van der Waals surface area contributed by atoms with Crippen LogP contribution in [0.2, 0.25) is 0 Å². The zero-order valence-electron chi connectivity index (χ0n) is 11.3. The molecule has 1 aromatic heterocycles. The van der Waals surface area contributed by atoms with Gasteiger partial charge in [0.1, 0.15) is 18.9 Å². The summed E-state index contributed by atoms with van der Waals surface area (Å²) in [4.78, 5) is 8.48. The van der Waals surface area contributed by atoms with E-state index in [1.165, 1.54) is 0 Å². The molecule has 0 spiro atoms. The van der Waals surface area contributed by atoms with E-state index in [1.54, 1.807) is 12.1 Å². The Morgan fingerprint density at radius 2 is 1.86 bits per heavy atom. The first-order valence-corrected chi connectivity index (χ1v) is 6.11. The monoisotopic (exact) mass is 298 g/mol. The highest BCUT2D eigenvalue weighted by Crippen LogP contribution is 2.30. The molecule has 0 amide bonds. The topological polar surface area (TPSA) is 88.6 Å². The summed E-state index contributed by atoms with van der Waals surface area (Å²) in [5, 5.41) is 20.0. The predicted octanol–water partition coefficient (Wildman–Crippen LogP) is 2.17. The molecule has 0 bridgehead atoms. The Hall–Kier alpha value is -2.55. The van der Waals surface area contributed by atoms with E-state index in [0.29, 0.717) is 13.0 Å². The number of rotatable bonds is 6. The molecule has 9 heteroatoms. The summed E-state index contributed by atoms with van der Waals surface area (Å²) in [5.41, 5.74) is -1.12. The van der Waals surface area contributed by atoms with Crippen molar-refractivity contribution in [2.75, 3.05) is 29.9 Å². The SMILES string of the molecule is CCCNc1nc(N(CC#N)CC#N)cc(C(F)(F)F)n1. The maximum atomic E-state index is 12.8. The summed E-state index contributed by atoms with van der Waals surface area (Å²) in [5.74, 6) is -0.290. The van der Waals surface area contributed by atoms with Crippen molar-refractivity contribution in [2.45, 2.75) is 19.5 Å². The first-order chi connectivity index (χ1) is 9.92. The molecule has 21 heavy (non-hydrogen) atoms. The van der Waals surface area contributed by atoms with E-state index in [2.05, 4.69) is 15.3 Å². The van der Waals surface area contributed by atoms with Gasteiger partial charge in [-0.2, -0.15) is 28.7 Å². The van der Waals surface area contributed by atoms with E-state index in [1.807, 2.05) is 6.92 Å². The highest BCUT2D eigenvalue weighted by atomic mass is 19.4. The van der Waals surface area contributed by atoms with Gasteiger partial charge in [-0.15, -0.1) is 0 Å². The van der Waals surface area contributed by atoms with Crippen LogP contribution in [0.4, 0.5) is 24.9 Å². The first-order valence-electron chi connectivity index (χ1n) is 6.11. The van der Waals surface area contributed by atoms with Crippen molar-refractivity contribution < 1.29 is 13.2 Å². The summed E-state index contributed by atoms with van der Waals surface area (Å²) in [6.07, 6.45) is -3.94. The second kappa shape index (κ2) is 7.29. The van der Waals surface area contributed by atoms with Crippen molar-refractivity contribution in [1.82, 2.24) is 9.97 Å². The number of aromatic nitrogens is 2. The highest BCUT2D eigenvalue weighted by Gasteiger charge is 2.34. The van der Waals surface area contributed by atoms with Gasteiger partial charge in [0, 0.05) is 12.6 Å². The summed E-state index contributed by atoms with van der Waals surface area (Å²) >= 11 is 0. The molecular formula is C12H13F3N6. The fraction of sp³-hybridized carbons (Fsp3) is 0.500. The fourth-order valence-corrected chi connectivity index (χ4v) is 1.45. The van der Waals surface area contributed by atoms with Gasteiger partial charge in [0.05, 0.1) is 12.1 Å². The minimum atomic E-state index is -4.63. The first kappa shape index (κ1) is 16.5. The number of nitrogens with zero attached hydrogens (tertiary/aromatic N) is 5. The van der Waals surface area contributed by atoms with Gasteiger partial charge in [0.2, 0.25) is 5.95 Å². The van der Waals surface area contributed by atoms with Crippen LogP contribution in [-0.2, 0) is 6.18 Å². The molecule has 0 atom stereocenters. The Balaban J connectivity index is 3.23. The van der Waals surface area contributed by atoms with Crippen LogP contribution < -0.4 is 10.2 Å². The number of hydrogen-bond donors (Lipinski definition) is 1. The molecule has 0 saturated heterocycles. The summed E-state index contributed by atoms with van der Waals surface area (Å²) < 4.78 is 38.5. The van der Waals surface area contributed by atoms with Crippen LogP contribution in [0.5, 0.6) is 0 Å². The lowest BCUT2D eigenvalue weighted by atomic mass is 10.3. The zero-order chi connectivity index (χ0) is 15.9. The van der Waals surface area contributed by atoms with Crippen molar-refractivity contribution in [3.05, 3.63) is 11.8 Å². The number of halogens is 3. The Labute approximate surface area is 119 Å². The molecule has 1 N–H and O–H groups in total. The quantitative estimate of drug-likeness (QED) is 0.810. The van der Waals surface area contributed by atoms with Gasteiger partial charge in [0.15, 0.2) is 5.69 Å². The predicted molar refractivity (Wildman–Crippen MR) is 69.3 cm³/mol. The van der Waals surface area contributed by atoms with E-state index >= 15 is 0 Å². The van der Waals surface area contributed by atoms with Crippen LogP contribution in [0.25, 0.3) is 0 Å². The van der Waals surface area contributed by atoms with Gasteiger partial charge in [-0.3, -0.25) is 0 Å². The van der Waals surface area contributed by atoms with Gasteiger partial charge < -0.3 is 10.2 Å². The maximum absolute atomic E-state index is 12.8. The van der Waals surface area contributed by atoms with Crippen molar-refractivity contribution in [3.63, 3.8) is 0 Å². The summed E-state index contributed by atoms with van der Waals surface area (Å²) in [7, 11) is 0. The summed E-state index contributed by atoms with van der Waals surface area (Å²) in [6.45, 7) is 1.78. The molecular weight excluding hydrogens is 285 g/mol. The maximum Gasteiger partial charge on any atom is 0.433 e. The lowest BCUT2D eigenvalue weighted by Crippen LogP contribution is -2.26. The fourth-order valence-electron chi connectivity index (χ4n) is 1.45. The largest absolute Gasteiger partial charge is 0.433 e. The van der Waals surface area contributed by atoms with E-state index in [4.69, 9.17) is 10.5 Å². The second-order valence-electron chi connectivity index (χ2n) is 4.03. The van der Waals surface area contributed by atoms with E-state index in [-0.39, 0.29) is 24.9 Å². The minimum absolute atomic E-state index is 0.112. The molecule has 0 aliphatic heterocycles. The highest BCUT2D eigenvalue weighted by molar-refractivity contribution is 5.47. The molecule has 0 aromatic carbocycles. The van der Waals surface area contributed by atoms with Gasteiger partial charge in [-0.25, -0.2) is 4.98 Å². The molecule has 1 rings (SSSR count). The van der Waals surface area contributed by atoms with Crippen molar-refractivity contribution >= 4 is 11.8 Å². The summed E-state index contributed by atoms with van der Waals surface area (Å²) in [6, 6.07) is 4.30. The number of nitrogens with one attached hydrogen (secondary N) is 1. The average Bonchev–Trinajstić information content (AvgIpc) is 2.43. The van der Waals surface area contributed by atoms with Crippen LogP contribution in [-0.4, -0.2) is 29.6 Å². The average molecular weight is 298 g/mol. The number of anilines is 2. The molecule has 112 valence electrons. The van der Waals surface area contributed by atoms with Crippen molar-refractivity contribution in [3.8, 4) is 12.1 Å². The Bertz CT molecular complexity index is 542.